The maximum absolute atomic E-state index is 11.9. The number of carbonyl (C=O) groups excluding carboxylic acids is 18. The largest absolute Gasteiger partial charge is 0.480 e. The number of carbonyl (C=O) groups is 24. The van der Waals surface area contributed by atoms with Gasteiger partial charge in [-0.3, -0.25) is 52.7 Å². The van der Waals surface area contributed by atoms with E-state index in [9.17, 15) is 115 Å². The second-order valence-corrected chi connectivity index (χ2v) is 33.0. The quantitative estimate of drug-likeness (QED) is 0.0178. The molecule has 0 aliphatic heterocycles. The van der Waals surface area contributed by atoms with Crippen molar-refractivity contribution in [3.05, 3.63) is 35.9 Å². The van der Waals surface area contributed by atoms with Gasteiger partial charge < -0.3 is 119 Å². The molecule has 734 valence electrons. The fourth-order valence-electron chi connectivity index (χ4n) is 8.11. The molecule has 2 rings (SSSR count). The molecule has 0 aromatic heterocycles. The van der Waals surface area contributed by atoms with Gasteiger partial charge in [0.05, 0.1) is 22.8 Å². The number of ether oxygens (including phenoxy) is 12. The molecule has 0 heterocycles. The molecular formula is C76H112N6O42S6. The van der Waals surface area contributed by atoms with Gasteiger partial charge in [-0.1, -0.05) is 58.2 Å². The van der Waals surface area contributed by atoms with Crippen molar-refractivity contribution < 1.29 is 203 Å². The van der Waals surface area contributed by atoms with Crippen LogP contribution in [0.2, 0.25) is 0 Å². The van der Waals surface area contributed by atoms with E-state index < -0.39 is 212 Å². The van der Waals surface area contributed by atoms with Gasteiger partial charge in [0.15, 0.2) is 0 Å². The Bertz CT molecular complexity index is 3960. The van der Waals surface area contributed by atoms with Crippen LogP contribution < -0.4 is 31.9 Å². The van der Waals surface area contributed by atoms with Gasteiger partial charge in [-0.25, -0.2) is 62.3 Å². The molecular weight excluding hydrogens is 1860 g/mol. The second kappa shape index (κ2) is 68.7. The van der Waals surface area contributed by atoms with Gasteiger partial charge >= 0.3 is 103 Å². The summed E-state index contributed by atoms with van der Waals surface area (Å²) < 4.78 is 57.8. The Morgan fingerprint density at radius 1 is 0.338 bits per heavy atom. The van der Waals surface area contributed by atoms with Crippen molar-refractivity contribution in [3.8, 4) is 0 Å². The number of benzene rings is 1. The SMILES string of the molecule is CC(=O)N[C@@H](CSC(=O)O[C@H](C)OC(=O)C(C)(C)C)C(=O)O.CC(=O)N[C@@H](CSC(=O)O[C@H](C)OC(=O)C(C)C)C(=O)O.CC(=O)N[C@@H](CSC(=O)O[C@H](C)OC(=O)C1CCCCC1)C(=O)O.CC(=O)N[C@@H](CSC(=O)O[C@H](C)OC(=O)c1ccccc1)C(=O)O.CC(=O)N[C@@H](CSC(=O)O[C@H](C)OC(C)=O)C(=O)O.CCC(=O)O[C@@H](C)OC(=O)SC[C@H](NC(C)=O)C(=O)O. The van der Waals surface area contributed by atoms with Gasteiger partial charge in [0.1, 0.15) is 36.3 Å². The molecule has 48 nitrogen and oxygen atoms in total. The van der Waals surface area contributed by atoms with E-state index in [-0.39, 0.29) is 58.7 Å². The number of carboxylic acid groups (broad SMARTS) is 6. The molecule has 54 heteroatoms. The number of hydrogen-bond donors (Lipinski definition) is 12. The van der Waals surface area contributed by atoms with E-state index in [0.29, 0.717) is 76.1 Å². The first-order valence-corrected chi connectivity index (χ1v) is 44.3. The fraction of sp³-hybridized carbons (Fsp3) is 0.605. The molecule has 1 aromatic rings. The van der Waals surface area contributed by atoms with E-state index in [2.05, 4.69) is 41.4 Å². The molecule has 0 saturated heterocycles. The molecule has 12 atom stereocenters. The zero-order chi connectivity index (χ0) is 101. The number of amides is 6. The summed E-state index contributed by atoms with van der Waals surface area (Å²) >= 11 is 3.43. The van der Waals surface area contributed by atoms with Crippen molar-refractivity contribution in [1.82, 2.24) is 31.9 Å². The Hall–Kier alpha value is -11.4. The van der Waals surface area contributed by atoms with E-state index in [0.717, 1.165) is 39.0 Å². The molecule has 1 aromatic carbocycles. The van der Waals surface area contributed by atoms with Gasteiger partial charge in [-0.2, -0.15) is 0 Å². The number of carboxylic acids is 6. The minimum atomic E-state index is -1.27. The third-order valence-corrected chi connectivity index (χ3v) is 18.9. The molecule has 0 bridgehead atoms. The zero-order valence-electron chi connectivity index (χ0n) is 74.3. The van der Waals surface area contributed by atoms with Crippen molar-refractivity contribution in [2.75, 3.05) is 34.5 Å². The molecule has 12 N–H and O–H groups in total. The molecule has 130 heavy (non-hydrogen) atoms. The number of rotatable bonds is 40. The van der Waals surface area contributed by atoms with Gasteiger partial charge in [-0.15, -0.1) is 0 Å². The summed E-state index contributed by atoms with van der Waals surface area (Å²) in [6.45, 7) is 26.3. The Labute approximate surface area is 771 Å². The molecule has 1 aliphatic rings. The Morgan fingerprint density at radius 2 is 0.585 bits per heavy atom. The molecule has 1 saturated carbocycles. The highest BCUT2D eigenvalue weighted by Gasteiger charge is 2.32. The van der Waals surface area contributed by atoms with Crippen LogP contribution in [0.25, 0.3) is 0 Å². The number of hydrogen-bond acceptors (Lipinski definition) is 42. The predicted octanol–water partition coefficient (Wildman–Crippen LogP) is 7.03. The van der Waals surface area contributed by atoms with Crippen LogP contribution >= 0.6 is 70.6 Å². The number of aliphatic carboxylic acids is 6. The average Bonchev–Trinajstić information content (AvgIpc) is 0.868. The first-order chi connectivity index (χ1) is 60.1. The monoisotopic (exact) mass is 1970 g/mol. The average molecular weight is 1970 g/mol. The van der Waals surface area contributed by atoms with Crippen LogP contribution in [0.5, 0.6) is 0 Å². The van der Waals surface area contributed by atoms with Crippen LogP contribution in [0.4, 0.5) is 28.8 Å². The smallest absolute Gasteiger partial charge is 0.370 e. The van der Waals surface area contributed by atoms with Crippen molar-refractivity contribution in [3.63, 3.8) is 0 Å². The van der Waals surface area contributed by atoms with Crippen LogP contribution in [-0.4, -0.2) is 278 Å². The summed E-state index contributed by atoms with van der Waals surface area (Å²) in [5.74, 6) is -15.5. The van der Waals surface area contributed by atoms with Crippen LogP contribution in [0.15, 0.2) is 30.3 Å². The highest BCUT2D eigenvalue weighted by molar-refractivity contribution is 8.14. The lowest BCUT2D eigenvalue weighted by Gasteiger charge is -2.22. The van der Waals surface area contributed by atoms with Crippen molar-refractivity contribution in [2.24, 2.45) is 17.3 Å². The third-order valence-electron chi connectivity index (χ3n) is 13.9. The van der Waals surface area contributed by atoms with Gasteiger partial charge in [0, 0.05) is 131 Å². The first-order valence-electron chi connectivity index (χ1n) is 38.4. The molecule has 1 fully saturated rings. The highest BCUT2D eigenvalue weighted by Crippen LogP contribution is 2.26. The zero-order valence-corrected chi connectivity index (χ0v) is 79.2. The van der Waals surface area contributed by atoms with Crippen LogP contribution in [0, 0.1) is 17.3 Å². The van der Waals surface area contributed by atoms with E-state index in [1.807, 2.05) is 0 Å². The standard InChI is InChI=1S/C15H23NO7S.C15H17NO7S.C13H21NO7S.C12H19NO7S.C11H17NO7S.C10H15NO7S/c2*1-9(17)16-12(13(18)19)8-24-15(21)23-10(2)22-14(20)11-6-4-3-5-7-11;1-7(15)14-9(10(16)17)6-22-12(19)21-8(2)20-11(18)13(3,4)5;1-6(2)11(17)19-8(4)20-12(18)21-5-9(10(15)16)13-7(3)14;1-4-9(14)18-7(3)19-11(17)20-5-8(10(15)16)12-6(2)13;1-5(12)11-8(9(14)15)4-19-10(16)18-7(3)17-6(2)13/h10-12H,3-8H2,1-2H3,(H,16,17)(H,18,19);3-7,10,12H,8H2,1-2H3,(H,16,17)(H,18,19);8-9H,6H2,1-5H3,(H,14,15)(H,16,17);6,8-9H,5H2,1-4H3,(H,13,14)(H,15,16);7-8H,4-5H2,1-3H3,(H,12,13)(H,15,16);7-8H,4H2,1-3H3,(H,11,12)(H,14,15)/t2*10-,12+;2*8-,9+;2*7-,8+/m111111/s1. The summed E-state index contributed by atoms with van der Waals surface area (Å²) in [5, 5.41) is 61.5. The van der Waals surface area contributed by atoms with Gasteiger partial charge in [-0.05, 0) is 116 Å². The Morgan fingerprint density at radius 3 is 0.823 bits per heavy atom. The van der Waals surface area contributed by atoms with Gasteiger partial charge in [0.25, 0.3) is 0 Å². The fourth-order valence-corrected chi connectivity index (χ4v) is 12.5. The minimum absolute atomic E-state index is 0.149. The van der Waals surface area contributed by atoms with Crippen molar-refractivity contribution in [2.45, 2.75) is 244 Å². The summed E-state index contributed by atoms with van der Waals surface area (Å²) in [7, 11) is 0. The van der Waals surface area contributed by atoms with Crippen LogP contribution in [0.1, 0.15) is 180 Å². The molecule has 0 unspecified atom stereocenters. The topological polar surface area (TPSA) is 714 Å². The number of thioether (sulfide) groups is 6. The number of nitrogens with one attached hydrogen (secondary N) is 6. The van der Waals surface area contributed by atoms with E-state index in [1.165, 1.54) is 83.1 Å². The summed E-state index contributed by atoms with van der Waals surface area (Å²) in [6.07, 6.45) is -1.62. The van der Waals surface area contributed by atoms with E-state index >= 15 is 0 Å². The predicted molar refractivity (Wildman–Crippen MR) is 461 cm³/mol. The van der Waals surface area contributed by atoms with Gasteiger partial charge in [0.2, 0.25) is 73.2 Å². The van der Waals surface area contributed by atoms with Crippen LogP contribution in [-0.2, 0) is 138 Å². The highest BCUT2D eigenvalue weighted by atomic mass is 32.2. The molecule has 0 spiro atoms. The Balaban J connectivity index is -0.000000734. The maximum atomic E-state index is 11.9. The maximum Gasteiger partial charge on any atom is 0.370 e. The first kappa shape index (κ1) is 125. The second-order valence-electron chi connectivity index (χ2n) is 27.3. The lowest BCUT2D eigenvalue weighted by Crippen LogP contribution is -2.41. The van der Waals surface area contributed by atoms with Crippen LogP contribution in [0.3, 0.4) is 0 Å². The molecule has 6 amide bonds. The van der Waals surface area contributed by atoms with Crippen molar-refractivity contribution in [1.29, 1.82) is 0 Å². The number of esters is 6. The summed E-state index contributed by atoms with van der Waals surface area (Å²) in [6, 6.07) is 0.961. The van der Waals surface area contributed by atoms with E-state index in [4.69, 9.17) is 78.0 Å². The normalized spacial score (nSPS) is 13.9. The lowest BCUT2D eigenvalue weighted by atomic mass is 9.89. The third kappa shape index (κ3) is 68.7. The molecule has 0 radical (unpaired) electrons. The minimum Gasteiger partial charge on any atom is -0.480 e. The molecule has 1 aliphatic carbocycles. The van der Waals surface area contributed by atoms with Crippen molar-refractivity contribution >= 4 is 209 Å². The summed E-state index contributed by atoms with van der Waals surface area (Å²) in [5.41, 5.74) is -0.419. The lowest BCUT2D eigenvalue weighted by molar-refractivity contribution is -0.173. The Kier molecular flexibility index (Phi) is 66.0. The van der Waals surface area contributed by atoms with E-state index in [1.54, 1.807) is 71.9 Å². The summed E-state index contributed by atoms with van der Waals surface area (Å²) in [4.78, 5) is 267.